The second kappa shape index (κ2) is 7.44. The number of rotatable bonds is 2. The van der Waals surface area contributed by atoms with Crippen LogP contribution in [0.15, 0.2) is 44.8 Å². The lowest BCUT2D eigenvalue weighted by Crippen LogP contribution is -2.36. The number of aromatic nitrogens is 2. The van der Waals surface area contributed by atoms with E-state index in [0.717, 1.165) is 60.1 Å². The Morgan fingerprint density at radius 1 is 1.07 bits per heavy atom. The molecule has 2 aromatic rings. The van der Waals surface area contributed by atoms with Crippen molar-refractivity contribution in [1.29, 1.82) is 0 Å². The third kappa shape index (κ3) is 3.31. The quantitative estimate of drug-likeness (QED) is 0.714. The molecule has 29 heavy (non-hydrogen) atoms. The van der Waals surface area contributed by atoms with Gasteiger partial charge >= 0.3 is 0 Å². The largest absolute Gasteiger partial charge is 0.343 e. The Kier molecular flexibility index (Phi) is 4.78. The van der Waals surface area contributed by atoms with Crippen molar-refractivity contribution in [1.82, 2.24) is 9.97 Å². The molecule has 1 aromatic heterocycles. The summed E-state index contributed by atoms with van der Waals surface area (Å²) in [6, 6.07) is 7.86. The molecule has 5 rings (SSSR count). The number of allylic oxidation sites excluding steroid dienone is 2. The van der Waals surface area contributed by atoms with Gasteiger partial charge in [-0.15, -0.1) is 0 Å². The Balaban J connectivity index is 1.68. The molecule has 2 aliphatic heterocycles. The molecule has 1 atom stereocenters. The molecule has 1 saturated heterocycles. The summed E-state index contributed by atoms with van der Waals surface area (Å²) in [5.41, 5.74) is 2.94. The molecule has 7 heteroatoms. The molecule has 2 N–H and O–H groups in total. The van der Waals surface area contributed by atoms with E-state index in [1.54, 1.807) is 0 Å². The van der Waals surface area contributed by atoms with Crippen molar-refractivity contribution in [2.45, 2.75) is 44.4 Å². The van der Waals surface area contributed by atoms with Gasteiger partial charge in [-0.2, -0.15) is 4.98 Å². The van der Waals surface area contributed by atoms with E-state index in [1.807, 2.05) is 24.3 Å². The number of carbonyl (C=O) groups is 1. The van der Waals surface area contributed by atoms with Crippen LogP contribution in [0, 0.1) is 0 Å². The predicted octanol–water partition coefficient (Wildman–Crippen LogP) is 4.09. The van der Waals surface area contributed by atoms with Crippen molar-refractivity contribution in [3.63, 3.8) is 0 Å². The molecule has 6 nitrogen and oxygen atoms in total. The Bertz CT molecular complexity index is 1070. The van der Waals surface area contributed by atoms with E-state index in [2.05, 4.69) is 31.1 Å². The number of ketones is 1. The van der Waals surface area contributed by atoms with Gasteiger partial charge in [-0.25, -0.2) is 0 Å². The van der Waals surface area contributed by atoms with Gasteiger partial charge in [0, 0.05) is 41.2 Å². The number of anilines is 2. The van der Waals surface area contributed by atoms with E-state index in [4.69, 9.17) is 4.98 Å². The third-order valence-corrected chi connectivity index (χ3v) is 6.58. The fourth-order valence-corrected chi connectivity index (χ4v) is 5.14. The molecular weight excluding hydrogens is 432 g/mol. The second-order valence-electron chi connectivity index (χ2n) is 7.98. The van der Waals surface area contributed by atoms with Crippen LogP contribution in [0.25, 0.3) is 0 Å². The highest BCUT2D eigenvalue weighted by molar-refractivity contribution is 9.10. The van der Waals surface area contributed by atoms with Crippen LogP contribution in [0.2, 0.25) is 0 Å². The fourth-order valence-electron chi connectivity index (χ4n) is 4.72. The zero-order valence-electron chi connectivity index (χ0n) is 16.1. The van der Waals surface area contributed by atoms with E-state index in [0.29, 0.717) is 23.8 Å². The maximum absolute atomic E-state index is 13.3. The van der Waals surface area contributed by atoms with Crippen LogP contribution in [-0.4, -0.2) is 28.8 Å². The SMILES string of the molecule is O=C1CCCC2=C1[C@H](c1cccc(Br)c1)c1c(nc(N3CCCCC3)[nH]c1=O)N2. The average Bonchev–Trinajstić information content (AvgIpc) is 2.73. The van der Waals surface area contributed by atoms with Crippen LogP contribution < -0.4 is 15.8 Å². The van der Waals surface area contributed by atoms with Crippen LogP contribution in [0.4, 0.5) is 11.8 Å². The van der Waals surface area contributed by atoms with Crippen molar-refractivity contribution in [2.24, 2.45) is 0 Å². The van der Waals surface area contributed by atoms with Gasteiger partial charge in [0.15, 0.2) is 5.78 Å². The summed E-state index contributed by atoms with van der Waals surface area (Å²) in [6.45, 7) is 1.81. The van der Waals surface area contributed by atoms with E-state index < -0.39 is 5.92 Å². The number of benzene rings is 1. The Hall–Kier alpha value is -2.41. The molecular formula is C22H23BrN4O2. The number of piperidine rings is 1. The van der Waals surface area contributed by atoms with E-state index >= 15 is 0 Å². The molecule has 0 spiro atoms. The van der Waals surface area contributed by atoms with Crippen LogP contribution in [-0.2, 0) is 4.79 Å². The van der Waals surface area contributed by atoms with Gasteiger partial charge in [0.2, 0.25) is 5.95 Å². The Labute approximate surface area is 177 Å². The number of fused-ring (bicyclic) bond motifs is 1. The minimum absolute atomic E-state index is 0.119. The summed E-state index contributed by atoms with van der Waals surface area (Å²) in [4.78, 5) is 36.1. The van der Waals surface area contributed by atoms with Gasteiger partial charge in [-0.3, -0.25) is 14.6 Å². The molecule has 3 aliphatic rings. The Morgan fingerprint density at radius 2 is 1.90 bits per heavy atom. The molecule has 0 unspecified atom stereocenters. The summed E-state index contributed by atoms with van der Waals surface area (Å²) >= 11 is 3.53. The second-order valence-corrected chi connectivity index (χ2v) is 8.90. The fraction of sp³-hybridized carbons (Fsp3) is 0.409. The molecule has 1 aliphatic carbocycles. The first-order chi connectivity index (χ1) is 14.1. The molecule has 0 radical (unpaired) electrons. The number of H-pyrrole nitrogens is 1. The lowest BCUT2D eigenvalue weighted by Gasteiger charge is -2.34. The van der Waals surface area contributed by atoms with Crippen LogP contribution in [0.1, 0.15) is 55.6 Å². The normalized spacial score (nSPS) is 21.5. The summed E-state index contributed by atoms with van der Waals surface area (Å²) in [5.74, 6) is 0.944. The molecule has 150 valence electrons. The average molecular weight is 455 g/mol. The van der Waals surface area contributed by atoms with Gasteiger partial charge in [0.1, 0.15) is 5.82 Å². The number of nitrogens with one attached hydrogen (secondary N) is 2. The summed E-state index contributed by atoms with van der Waals surface area (Å²) in [5, 5.41) is 3.35. The molecule has 3 heterocycles. The van der Waals surface area contributed by atoms with Crippen molar-refractivity contribution in [2.75, 3.05) is 23.3 Å². The first kappa shape index (κ1) is 18.6. The first-order valence-corrected chi connectivity index (χ1v) is 11.1. The molecule has 0 amide bonds. The highest BCUT2D eigenvalue weighted by atomic mass is 79.9. The van der Waals surface area contributed by atoms with Gasteiger partial charge in [-0.1, -0.05) is 28.1 Å². The van der Waals surface area contributed by atoms with Gasteiger partial charge in [-0.05, 0) is 49.8 Å². The van der Waals surface area contributed by atoms with Gasteiger partial charge in [0.05, 0.1) is 5.56 Å². The smallest absolute Gasteiger partial charge is 0.258 e. The van der Waals surface area contributed by atoms with Crippen molar-refractivity contribution < 1.29 is 4.79 Å². The minimum Gasteiger partial charge on any atom is -0.343 e. The third-order valence-electron chi connectivity index (χ3n) is 6.08. The summed E-state index contributed by atoms with van der Waals surface area (Å²) < 4.78 is 0.926. The van der Waals surface area contributed by atoms with Gasteiger partial charge < -0.3 is 10.2 Å². The van der Waals surface area contributed by atoms with E-state index in [9.17, 15) is 9.59 Å². The molecule has 1 aromatic carbocycles. The van der Waals surface area contributed by atoms with E-state index in [-0.39, 0.29) is 11.3 Å². The number of Topliss-reactive ketones (excluding diaryl/α,β-unsaturated/α-hetero) is 1. The lowest BCUT2D eigenvalue weighted by molar-refractivity contribution is -0.116. The zero-order valence-corrected chi connectivity index (χ0v) is 17.7. The number of nitrogens with zero attached hydrogens (tertiary/aromatic N) is 2. The maximum Gasteiger partial charge on any atom is 0.258 e. The highest BCUT2D eigenvalue weighted by Crippen LogP contribution is 2.43. The number of aromatic amines is 1. The zero-order chi connectivity index (χ0) is 20.0. The maximum atomic E-state index is 13.3. The molecule has 0 bridgehead atoms. The number of carbonyl (C=O) groups excluding carboxylic acids is 1. The topological polar surface area (TPSA) is 78.1 Å². The highest BCUT2D eigenvalue weighted by Gasteiger charge is 2.38. The number of halogens is 1. The summed E-state index contributed by atoms with van der Waals surface area (Å²) in [7, 11) is 0. The summed E-state index contributed by atoms with van der Waals surface area (Å²) in [6.07, 6.45) is 5.59. The van der Waals surface area contributed by atoms with Crippen LogP contribution in [0.5, 0.6) is 0 Å². The van der Waals surface area contributed by atoms with Crippen molar-refractivity contribution >= 4 is 33.5 Å². The molecule has 0 saturated carbocycles. The predicted molar refractivity (Wildman–Crippen MR) is 116 cm³/mol. The number of hydrogen-bond acceptors (Lipinski definition) is 5. The number of hydrogen-bond donors (Lipinski definition) is 2. The van der Waals surface area contributed by atoms with Crippen molar-refractivity contribution in [3.8, 4) is 0 Å². The monoisotopic (exact) mass is 454 g/mol. The first-order valence-electron chi connectivity index (χ1n) is 10.3. The standard InChI is InChI=1S/C22H23BrN4O2/c23-14-7-4-6-13(12-14)17-18-15(8-5-9-16(18)28)24-20-19(17)21(29)26-22(25-20)27-10-2-1-3-11-27/h4,6-7,12,17H,1-3,5,8-11H2,(H2,24,25,26,29)/t17-/m0/s1. The van der Waals surface area contributed by atoms with Crippen LogP contribution >= 0.6 is 15.9 Å². The van der Waals surface area contributed by atoms with Crippen LogP contribution in [0.3, 0.4) is 0 Å². The van der Waals surface area contributed by atoms with E-state index in [1.165, 1.54) is 6.42 Å². The van der Waals surface area contributed by atoms with Crippen molar-refractivity contribution in [3.05, 3.63) is 61.5 Å². The Morgan fingerprint density at radius 3 is 2.69 bits per heavy atom. The molecule has 1 fully saturated rings. The van der Waals surface area contributed by atoms with Gasteiger partial charge in [0.25, 0.3) is 5.56 Å². The minimum atomic E-state index is -0.391. The lowest BCUT2D eigenvalue weighted by atomic mass is 9.76.